The lowest BCUT2D eigenvalue weighted by atomic mass is 9.86. The first-order valence-electron chi connectivity index (χ1n) is 10.8. The number of nitrogens with zero attached hydrogens (tertiary/aromatic N) is 3. The van der Waals surface area contributed by atoms with E-state index < -0.39 is 6.10 Å². The Bertz CT molecular complexity index is 837. The number of aromatic nitrogens is 1. The lowest BCUT2D eigenvalue weighted by Gasteiger charge is -2.52. The van der Waals surface area contributed by atoms with Crippen molar-refractivity contribution in [1.29, 1.82) is 0 Å². The molecule has 2 fully saturated rings. The molecule has 6 heteroatoms. The van der Waals surface area contributed by atoms with Gasteiger partial charge in [-0.2, -0.15) is 0 Å². The fraction of sp³-hybridized carbons (Fsp3) is 0.500. The van der Waals surface area contributed by atoms with Crippen LogP contribution in [-0.4, -0.2) is 66.2 Å². The van der Waals surface area contributed by atoms with Crippen molar-refractivity contribution in [2.24, 2.45) is 0 Å². The third-order valence-corrected chi connectivity index (χ3v) is 6.16. The number of methoxy groups -OCH3 is 1. The van der Waals surface area contributed by atoms with Crippen LogP contribution in [0.3, 0.4) is 0 Å². The van der Waals surface area contributed by atoms with Crippen molar-refractivity contribution in [3.63, 3.8) is 0 Å². The molecule has 0 saturated carbocycles. The molecule has 2 atom stereocenters. The predicted octanol–water partition coefficient (Wildman–Crippen LogP) is 2.97. The highest BCUT2D eigenvalue weighted by Gasteiger charge is 2.52. The zero-order chi connectivity index (χ0) is 20.9. The zero-order valence-corrected chi connectivity index (χ0v) is 17.9. The predicted molar refractivity (Wildman–Crippen MR) is 115 cm³/mol. The van der Waals surface area contributed by atoms with Crippen LogP contribution in [0.25, 0.3) is 0 Å². The minimum Gasteiger partial charge on any atom is -0.382 e. The second-order valence-electron chi connectivity index (χ2n) is 8.25. The average molecular weight is 410 g/mol. The van der Waals surface area contributed by atoms with Crippen molar-refractivity contribution in [2.45, 2.75) is 44.5 Å². The Morgan fingerprint density at radius 1 is 1.10 bits per heavy atom. The van der Waals surface area contributed by atoms with E-state index in [0.29, 0.717) is 13.2 Å². The molecule has 1 aromatic heterocycles. The summed E-state index contributed by atoms with van der Waals surface area (Å²) < 4.78 is 11.0. The summed E-state index contributed by atoms with van der Waals surface area (Å²) in [5.41, 5.74) is 3.75. The number of ether oxygens (including phenoxy) is 2. The van der Waals surface area contributed by atoms with Gasteiger partial charge in [-0.25, -0.2) is 0 Å². The minimum absolute atomic E-state index is 0.0364. The van der Waals surface area contributed by atoms with Crippen molar-refractivity contribution < 1.29 is 14.3 Å². The van der Waals surface area contributed by atoms with Crippen LogP contribution in [0.1, 0.15) is 35.6 Å². The van der Waals surface area contributed by atoms with Crippen molar-refractivity contribution in [3.05, 3.63) is 65.5 Å². The fourth-order valence-electron chi connectivity index (χ4n) is 4.63. The number of hydrogen-bond donors (Lipinski definition) is 0. The van der Waals surface area contributed by atoms with E-state index in [-0.39, 0.29) is 18.0 Å². The first kappa shape index (κ1) is 21.0. The molecule has 4 rings (SSSR count). The molecule has 2 aliphatic rings. The SMILES string of the molecule is COCCO[C@H]1C(=O)N(C2CCN(Cc3cccc(C)c3)CC2)[C@H]1c1ccncc1. The number of benzene rings is 1. The third-order valence-electron chi connectivity index (χ3n) is 6.16. The number of β-lactam (4-membered cyclic amide) rings is 1. The lowest BCUT2D eigenvalue weighted by molar-refractivity contribution is -0.184. The molecule has 0 N–H and O–H groups in total. The van der Waals surface area contributed by atoms with E-state index in [2.05, 4.69) is 46.0 Å². The molecule has 0 spiro atoms. The minimum atomic E-state index is -0.423. The van der Waals surface area contributed by atoms with Gasteiger partial charge in [0.15, 0.2) is 6.10 Å². The van der Waals surface area contributed by atoms with Gasteiger partial charge in [-0.15, -0.1) is 0 Å². The molecule has 3 heterocycles. The standard InChI is InChI=1S/C24H31N3O3/c1-18-4-3-5-19(16-18)17-26-12-8-21(9-13-26)27-22(20-6-10-25-11-7-20)23(24(27)28)30-15-14-29-2/h3-7,10-11,16,21-23H,8-9,12-15,17H2,1-2H3/t22-,23+/m0/s1. The Hall–Kier alpha value is -2.28. The Labute approximate surface area is 178 Å². The average Bonchev–Trinajstić information content (AvgIpc) is 2.76. The largest absolute Gasteiger partial charge is 0.382 e. The Morgan fingerprint density at radius 2 is 1.87 bits per heavy atom. The van der Waals surface area contributed by atoms with Crippen molar-refractivity contribution in [3.8, 4) is 0 Å². The van der Waals surface area contributed by atoms with E-state index in [1.807, 2.05) is 12.1 Å². The van der Waals surface area contributed by atoms with Crippen LogP contribution >= 0.6 is 0 Å². The monoisotopic (exact) mass is 409 g/mol. The van der Waals surface area contributed by atoms with Crippen molar-refractivity contribution >= 4 is 5.91 Å². The highest BCUT2D eigenvalue weighted by atomic mass is 16.5. The summed E-state index contributed by atoms with van der Waals surface area (Å²) in [4.78, 5) is 21.7. The molecule has 2 saturated heterocycles. The highest BCUT2D eigenvalue weighted by molar-refractivity contribution is 5.89. The van der Waals surface area contributed by atoms with E-state index in [0.717, 1.165) is 38.0 Å². The molecule has 0 bridgehead atoms. The van der Waals surface area contributed by atoms with Crippen LogP contribution in [0.4, 0.5) is 0 Å². The number of likely N-dealkylation sites (tertiary alicyclic amines) is 2. The number of carbonyl (C=O) groups excluding carboxylic acids is 1. The van der Waals surface area contributed by atoms with Gasteiger partial charge in [0.2, 0.25) is 0 Å². The summed E-state index contributed by atoms with van der Waals surface area (Å²) in [6.45, 7) is 6.03. The summed E-state index contributed by atoms with van der Waals surface area (Å²) in [6.07, 6.45) is 5.13. The van der Waals surface area contributed by atoms with E-state index in [1.165, 1.54) is 11.1 Å². The maximum atomic E-state index is 13.0. The number of hydrogen-bond acceptors (Lipinski definition) is 5. The number of carbonyl (C=O) groups is 1. The number of amides is 1. The van der Waals surface area contributed by atoms with Gasteiger partial charge in [-0.3, -0.25) is 14.7 Å². The van der Waals surface area contributed by atoms with Crippen LogP contribution in [0.15, 0.2) is 48.8 Å². The van der Waals surface area contributed by atoms with Crippen LogP contribution in [0.5, 0.6) is 0 Å². The summed E-state index contributed by atoms with van der Waals surface area (Å²) >= 11 is 0. The zero-order valence-electron chi connectivity index (χ0n) is 17.9. The molecule has 6 nitrogen and oxygen atoms in total. The summed E-state index contributed by atoms with van der Waals surface area (Å²) in [5, 5.41) is 0. The highest BCUT2D eigenvalue weighted by Crippen LogP contribution is 2.40. The number of aryl methyl sites for hydroxylation is 1. The maximum absolute atomic E-state index is 13.0. The number of rotatable bonds is 8. The Balaban J connectivity index is 1.39. The van der Waals surface area contributed by atoms with Gasteiger partial charge in [-0.1, -0.05) is 29.8 Å². The van der Waals surface area contributed by atoms with Gasteiger partial charge in [-0.05, 0) is 43.0 Å². The van der Waals surface area contributed by atoms with Gasteiger partial charge in [0, 0.05) is 45.2 Å². The maximum Gasteiger partial charge on any atom is 0.255 e. The van der Waals surface area contributed by atoms with Gasteiger partial charge < -0.3 is 14.4 Å². The molecule has 30 heavy (non-hydrogen) atoms. The topological polar surface area (TPSA) is 54.9 Å². The Kier molecular flexibility index (Phi) is 6.77. The molecular weight excluding hydrogens is 378 g/mol. The molecule has 1 amide bonds. The van der Waals surface area contributed by atoms with E-state index in [9.17, 15) is 4.79 Å². The molecule has 2 aliphatic heterocycles. The van der Waals surface area contributed by atoms with Gasteiger partial charge in [0.1, 0.15) is 0 Å². The summed E-state index contributed by atoms with van der Waals surface area (Å²) in [7, 11) is 1.64. The van der Waals surface area contributed by atoms with Gasteiger partial charge >= 0.3 is 0 Å². The first-order chi connectivity index (χ1) is 14.7. The smallest absolute Gasteiger partial charge is 0.255 e. The second-order valence-corrected chi connectivity index (χ2v) is 8.25. The molecule has 160 valence electrons. The fourth-order valence-corrected chi connectivity index (χ4v) is 4.63. The molecular formula is C24H31N3O3. The number of piperidine rings is 1. The van der Waals surface area contributed by atoms with E-state index in [1.54, 1.807) is 19.5 Å². The number of pyridine rings is 1. The van der Waals surface area contributed by atoms with E-state index >= 15 is 0 Å². The molecule has 1 aromatic carbocycles. The van der Waals surface area contributed by atoms with Crippen LogP contribution < -0.4 is 0 Å². The van der Waals surface area contributed by atoms with Crippen molar-refractivity contribution in [2.75, 3.05) is 33.4 Å². The van der Waals surface area contributed by atoms with Crippen LogP contribution in [-0.2, 0) is 20.8 Å². The Morgan fingerprint density at radius 3 is 2.57 bits per heavy atom. The van der Waals surface area contributed by atoms with E-state index in [4.69, 9.17) is 9.47 Å². The van der Waals surface area contributed by atoms with Crippen LogP contribution in [0, 0.1) is 6.92 Å². The second kappa shape index (κ2) is 9.69. The molecule has 2 aromatic rings. The molecule has 0 aliphatic carbocycles. The first-order valence-corrected chi connectivity index (χ1v) is 10.8. The quantitative estimate of drug-likeness (QED) is 0.496. The van der Waals surface area contributed by atoms with Crippen molar-refractivity contribution in [1.82, 2.24) is 14.8 Å². The third kappa shape index (κ3) is 4.56. The van der Waals surface area contributed by atoms with Gasteiger partial charge in [0.05, 0.1) is 19.3 Å². The lowest BCUT2D eigenvalue weighted by Crippen LogP contribution is -2.64. The molecule has 0 unspecified atom stereocenters. The van der Waals surface area contributed by atoms with Gasteiger partial charge in [0.25, 0.3) is 5.91 Å². The normalized spacial score (nSPS) is 22.9. The summed E-state index contributed by atoms with van der Waals surface area (Å²) in [5.74, 6) is 0.102. The molecule has 0 radical (unpaired) electrons. The van der Waals surface area contributed by atoms with Crippen LogP contribution in [0.2, 0.25) is 0 Å². The summed E-state index contributed by atoms with van der Waals surface area (Å²) in [6, 6.07) is 12.9.